The quantitative estimate of drug-likeness (QED) is 0.780. The zero-order valence-electron chi connectivity index (χ0n) is 9.84. The van der Waals surface area contributed by atoms with Gasteiger partial charge in [-0.3, -0.25) is 0 Å². The van der Waals surface area contributed by atoms with Gasteiger partial charge in [-0.25, -0.2) is 0 Å². The Balaban J connectivity index is 1.86. The van der Waals surface area contributed by atoms with Crippen molar-refractivity contribution in [2.24, 2.45) is 5.92 Å². The highest BCUT2D eigenvalue weighted by molar-refractivity contribution is 9.10. The lowest BCUT2D eigenvalue weighted by Gasteiger charge is -2.21. The third-order valence-corrected chi connectivity index (χ3v) is 4.23. The van der Waals surface area contributed by atoms with Crippen LogP contribution in [0.5, 0.6) is 5.75 Å². The van der Waals surface area contributed by atoms with E-state index >= 15 is 0 Å². The van der Waals surface area contributed by atoms with Crippen LogP contribution < -0.4 is 4.74 Å². The van der Waals surface area contributed by atoms with Gasteiger partial charge < -0.3 is 4.74 Å². The van der Waals surface area contributed by atoms with Crippen LogP contribution in [0.3, 0.4) is 0 Å². The Labute approximate surface area is 106 Å². The van der Waals surface area contributed by atoms with Gasteiger partial charge in [-0.05, 0) is 49.4 Å². The smallest absolute Gasteiger partial charge is 0.119 e. The summed E-state index contributed by atoms with van der Waals surface area (Å²) < 4.78 is 7.01. The zero-order chi connectivity index (χ0) is 11.4. The van der Waals surface area contributed by atoms with E-state index in [9.17, 15) is 0 Å². The van der Waals surface area contributed by atoms with E-state index in [1.54, 1.807) is 0 Å². The average molecular weight is 283 g/mol. The molecule has 0 aromatic heterocycles. The minimum Gasteiger partial charge on any atom is -0.493 e. The molecular formula is C14H19BrO. The largest absolute Gasteiger partial charge is 0.493 e. The van der Waals surface area contributed by atoms with Gasteiger partial charge in [0.05, 0.1) is 6.61 Å². The molecule has 1 aliphatic rings. The van der Waals surface area contributed by atoms with Crippen LogP contribution in [0.2, 0.25) is 0 Å². The summed E-state index contributed by atoms with van der Waals surface area (Å²) in [6.45, 7) is 2.98. The third-order valence-electron chi connectivity index (χ3n) is 3.34. The maximum absolute atomic E-state index is 5.86. The lowest BCUT2D eigenvalue weighted by Crippen LogP contribution is -2.15. The summed E-state index contributed by atoms with van der Waals surface area (Å²) in [5.74, 6) is 1.78. The molecule has 16 heavy (non-hydrogen) atoms. The van der Waals surface area contributed by atoms with Crippen molar-refractivity contribution >= 4 is 15.9 Å². The molecule has 0 saturated heterocycles. The minimum atomic E-state index is 0.776. The molecule has 1 saturated carbocycles. The Hall–Kier alpha value is -0.500. The van der Waals surface area contributed by atoms with Gasteiger partial charge in [-0.2, -0.15) is 0 Å². The van der Waals surface area contributed by atoms with Gasteiger partial charge in [0.1, 0.15) is 5.75 Å². The predicted octanol–water partition coefficient (Wildman–Crippen LogP) is 4.72. The van der Waals surface area contributed by atoms with Crippen molar-refractivity contribution in [1.82, 2.24) is 0 Å². The van der Waals surface area contributed by atoms with E-state index in [1.807, 2.05) is 6.07 Å². The molecule has 0 bridgehead atoms. The van der Waals surface area contributed by atoms with Gasteiger partial charge in [-0.15, -0.1) is 0 Å². The number of hydrogen-bond acceptors (Lipinski definition) is 1. The van der Waals surface area contributed by atoms with E-state index in [2.05, 4.69) is 35.0 Å². The zero-order valence-corrected chi connectivity index (χ0v) is 11.4. The van der Waals surface area contributed by atoms with E-state index in [0.717, 1.165) is 22.7 Å². The summed E-state index contributed by atoms with van der Waals surface area (Å²) in [4.78, 5) is 0. The van der Waals surface area contributed by atoms with Crippen molar-refractivity contribution in [3.63, 3.8) is 0 Å². The van der Waals surface area contributed by atoms with Crippen LogP contribution in [0.4, 0.5) is 0 Å². The summed E-state index contributed by atoms with van der Waals surface area (Å²) in [6.07, 6.45) is 6.86. The van der Waals surface area contributed by atoms with Gasteiger partial charge in [0, 0.05) is 4.47 Å². The Bertz CT molecular complexity index is 343. The van der Waals surface area contributed by atoms with E-state index in [4.69, 9.17) is 4.74 Å². The lowest BCUT2D eigenvalue weighted by atomic mass is 9.90. The number of aryl methyl sites for hydroxylation is 1. The first-order valence-corrected chi connectivity index (χ1v) is 6.94. The number of ether oxygens (including phenoxy) is 1. The molecule has 1 aromatic carbocycles. The van der Waals surface area contributed by atoms with Crippen molar-refractivity contribution in [2.45, 2.75) is 39.0 Å². The molecule has 0 aliphatic heterocycles. The van der Waals surface area contributed by atoms with Gasteiger partial charge >= 0.3 is 0 Å². The molecule has 0 radical (unpaired) electrons. The van der Waals surface area contributed by atoms with Crippen LogP contribution in [0.1, 0.15) is 37.7 Å². The highest BCUT2D eigenvalue weighted by Gasteiger charge is 2.13. The van der Waals surface area contributed by atoms with Crippen LogP contribution in [-0.2, 0) is 0 Å². The third kappa shape index (κ3) is 3.24. The van der Waals surface area contributed by atoms with Crippen molar-refractivity contribution in [2.75, 3.05) is 6.61 Å². The molecule has 1 fully saturated rings. The number of hydrogen-bond donors (Lipinski definition) is 0. The number of rotatable bonds is 3. The topological polar surface area (TPSA) is 9.23 Å². The van der Waals surface area contributed by atoms with Gasteiger partial charge in [0.2, 0.25) is 0 Å². The highest BCUT2D eigenvalue weighted by Crippen LogP contribution is 2.26. The molecule has 1 nitrogen and oxygen atoms in total. The second kappa shape index (κ2) is 5.72. The maximum Gasteiger partial charge on any atom is 0.119 e. The first kappa shape index (κ1) is 12.0. The fourth-order valence-electron chi connectivity index (χ4n) is 2.27. The molecule has 1 aliphatic carbocycles. The SMILES string of the molecule is Cc1cc(OCC2CCCCC2)ccc1Br. The Morgan fingerprint density at radius 2 is 2.00 bits per heavy atom. The van der Waals surface area contributed by atoms with Crippen LogP contribution in [0, 0.1) is 12.8 Å². The lowest BCUT2D eigenvalue weighted by molar-refractivity contribution is 0.208. The fourth-order valence-corrected chi connectivity index (χ4v) is 2.52. The van der Waals surface area contributed by atoms with E-state index in [0.29, 0.717) is 0 Å². The first-order valence-electron chi connectivity index (χ1n) is 6.14. The van der Waals surface area contributed by atoms with Gasteiger partial charge in [-0.1, -0.05) is 35.2 Å². The summed E-state index contributed by atoms with van der Waals surface area (Å²) in [6, 6.07) is 6.21. The molecule has 1 aromatic rings. The molecule has 2 heteroatoms. The molecule has 0 amide bonds. The standard InChI is InChI=1S/C14H19BrO/c1-11-9-13(7-8-14(11)15)16-10-12-5-3-2-4-6-12/h7-9,12H,2-6,10H2,1H3. The first-order chi connectivity index (χ1) is 7.75. The Morgan fingerprint density at radius 1 is 1.25 bits per heavy atom. The maximum atomic E-state index is 5.86. The molecule has 2 rings (SSSR count). The van der Waals surface area contributed by atoms with E-state index < -0.39 is 0 Å². The van der Waals surface area contributed by atoms with Crippen molar-refractivity contribution in [3.05, 3.63) is 28.2 Å². The van der Waals surface area contributed by atoms with E-state index in [1.165, 1.54) is 37.7 Å². The summed E-state index contributed by atoms with van der Waals surface area (Å²) >= 11 is 3.50. The van der Waals surface area contributed by atoms with Crippen molar-refractivity contribution < 1.29 is 4.74 Å². The second-order valence-electron chi connectivity index (χ2n) is 4.73. The molecule has 0 N–H and O–H groups in total. The normalized spacial score (nSPS) is 17.4. The molecule has 0 atom stereocenters. The van der Waals surface area contributed by atoms with Crippen molar-refractivity contribution in [3.8, 4) is 5.75 Å². The molecule has 0 unspecified atom stereocenters. The predicted molar refractivity (Wildman–Crippen MR) is 70.9 cm³/mol. The fraction of sp³-hybridized carbons (Fsp3) is 0.571. The second-order valence-corrected chi connectivity index (χ2v) is 5.58. The Morgan fingerprint density at radius 3 is 2.69 bits per heavy atom. The van der Waals surface area contributed by atoms with Crippen LogP contribution >= 0.6 is 15.9 Å². The highest BCUT2D eigenvalue weighted by atomic mass is 79.9. The van der Waals surface area contributed by atoms with Crippen molar-refractivity contribution in [1.29, 1.82) is 0 Å². The Kier molecular flexibility index (Phi) is 4.28. The number of halogens is 1. The molecular weight excluding hydrogens is 264 g/mol. The summed E-state index contributed by atoms with van der Waals surface area (Å²) in [5, 5.41) is 0. The average Bonchev–Trinajstić information content (AvgIpc) is 2.32. The van der Waals surface area contributed by atoms with Crippen LogP contribution in [0.25, 0.3) is 0 Å². The molecule has 0 spiro atoms. The van der Waals surface area contributed by atoms with Gasteiger partial charge in [0.15, 0.2) is 0 Å². The van der Waals surface area contributed by atoms with E-state index in [-0.39, 0.29) is 0 Å². The monoisotopic (exact) mass is 282 g/mol. The molecule has 0 heterocycles. The number of benzene rings is 1. The summed E-state index contributed by atoms with van der Waals surface area (Å²) in [5.41, 5.74) is 1.24. The minimum absolute atomic E-state index is 0.776. The van der Waals surface area contributed by atoms with Crippen LogP contribution in [-0.4, -0.2) is 6.61 Å². The van der Waals surface area contributed by atoms with Gasteiger partial charge in [0.25, 0.3) is 0 Å². The summed E-state index contributed by atoms with van der Waals surface area (Å²) in [7, 11) is 0. The van der Waals surface area contributed by atoms with Crippen LogP contribution in [0.15, 0.2) is 22.7 Å². The molecule has 88 valence electrons.